The maximum atomic E-state index is 3.85. The highest BCUT2D eigenvalue weighted by molar-refractivity contribution is 5.85. The average molecular weight is 278 g/mol. The number of aromatic amines is 1. The Bertz CT molecular complexity index is 295. The fourth-order valence-corrected chi connectivity index (χ4v) is 2.18. The van der Waals surface area contributed by atoms with E-state index in [4.69, 9.17) is 0 Å². The lowest BCUT2D eigenvalue weighted by Crippen LogP contribution is -2.45. The van der Waals surface area contributed by atoms with Gasteiger partial charge in [-0.25, -0.2) is 0 Å². The van der Waals surface area contributed by atoms with E-state index in [-0.39, 0.29) is 24.8 Å². The number of nitrogens with one attached hydrogen (secondary N) is 2. The monoisotopic (exact) mass is 277 g/mol. The molecule has 0 bridgehead atoms. The van der Waals surface area contributed by atoms with Gasteiger partial charge in [0.25, 0.3) is 0 Å². The highest BCUT2D eigenvalue weighted by atomic mass is 35.5. The first-order valence-electron chi connectivity index (χ1n) is 5.61. The summed E-state index contributed by atoms with van der Waals surface area (Å²) in [5, 5.41) is 3.38. The summed E-state index contributed by atoms with van der Waals surface area (Å²) in [6.45, 7) is 8.28. The van der Waals surface area contributed by atoms with Gasteiger partial charge in [0.05, 0.1) is 6.04 Å². The number of H-pyrrole nitrogens is 1. The van der Waals surface area contributed by atoms with E-state index in [2.05, 4.69) is 33.9 Å². The minimum atomic E-state index is 0. The van der Waals surface area contributed by atoms with Crippen molar-refractivity contribution in [2.24, 2.45) is 0 Å². The van der Waals surface area contributed by atoms with Crippen LogP contribution in [0.2, 0.25) is 0 Å². The normalized spacial score (nSPS) is 17.6. The molecular formula is C12H21Cl2N3. The smallest absolute Gasteiger partial charge is 0.0533 e. The van der Waals surface area contributed by atoms with Crippen LogP contribution in [0.15, 0.2) is 31.0 Å². The number of hydrogen-bond acceptors (Lipinski definition) is 2. The second-order valence-electron chi connectivity index (χ2n) is 3.95. The van der Waals surface area contributed by atoms with Gasteiger partial charge in [-0.3, -0.25) is 4.90 Å². The van der Waals surface area contributed by atoms with Crippen molar-refractivity contribution < 1.29 is 0 Å². The first kappa shape index (κ1) is 16.5. The molecule has 1 fully saturated rings. The Kier molecular flexibility index (Phi) is 8.35. The minimum absolute atomic E-state index is 0. The maximum Gasteiger partial charge on any atom is 0.0533 e. The molecule has 3 nitrogen and oxygen atoms in total. The van der Waals surface area contributed by atoms with E-state index in [0.717, 1.165) is 32.6 Å². The van der Waals surface area contributed by atoms with Gasteiger partial charge < -0.3 is 10.3 Å². The molecule has 0 radical (unpaired) electrons. The molecule has 17 heavy (non-hydrogen) atoms. The van der Waals surface area contributed by atoms with E-state index in [9.17, 15) is 0 Å². The second-order valence-corrected chi connectivity index (χ2v) is 3.95. The summed E-state index contributed by atoms with van der Waals surface area (Å²) in [7, 11) is 0. The highest BCUT2D eigenvalue weighted by Crippen LogP contribution is 2.23. The fourth-order valence-electron chi connectivity index (χ4n) is 2.18. The first-order valence-corrected chi connectivity index (χ1v) is 5.61. The van der Waals surface area contributed by atoms with Gasteiger partial charge in [0.15, 0.2) is 0 Å². The number of rotatable bonds is 4. The molecule has 0 spiro atoms. The molecule has 0 saturated carbocycles. The third-order valence-corrected chi connectivity index (χ3v) is 2.96. The lowest BCUT2D eigenvalue weighted by atomic mass is 10.1. The Labute approximate surface area is 115 Å². The van der Waals surface area contributed by atoms with Crippen molar-refractivity contribution in [3.8, 4) is 0 Å². The van der Waals surface area contributed by atoms with Gasteiger partial charge in [-0.1, -0.05) is 6.08 Å². The summed E-state index contributed by atoms with van der Waals surface area (Å²) in [6.07, 6.45) is 5.02. The molecule has 2 rings (SSSR count). The van der Waals surface area contributed by atoms with Gasteiger partial charge >= 0.3 is 0 Å². The van der Waals surface area contributed by atoms with Crippen molar-refractivity contribution in [2.45, 2.75) is 12.5 Å². The number of nitrogens with zero attached hydrogens (tertiary/aromatic N) is 1. The Hall–Kier alpha value is -0.480. The zero-order chi connectivity index (χ0) is 10.5. The molecule has 1 aromatic heterocycles. The van der Waals surface area contributed by atoms with E-state index < -0.39 is 0 Å². The second kappa shape index (κ2) is 8.59. The van der Waals surface area contributed by atoms with Crippen LogP contribution in [-0.2, 0) is 0 Å². The Morgan fingerprint density at radius 1 is 1.35 bits per heavy atom. The molecule has 98 valence electrons. The van der Waals surface area contributed by atoms with E-state index in [1.807, 2.05) is 12.3 Å². The van der Waals surface area contributed by atoms with E-state index in [1.54, 1.807) is 0 Å². The molecule has 2 N–H and O–H groups in total. The lowest BCUT2D eigenvalue weighted by molar-refractivity contribution is 0.172. The molecule has 1 saturated heterocycles. The number of piperazine rings is 1. The maximum absolute atomic E-state index is 3.85. The van der Waals surface area contributed by atoms with Gasteiger partial charge in [-0.2, -0.15) is 0 Å². The van der Waals surface area contributed by atoms with Gasteiger partial charge in [0.2, 0.25) is 0 Å². The van der Waals surface area contributed by atoms with Crippen LogP contribution in [0, 0.1) is 0 Å². The van der Waals surface area contributed by atoms with Crippen molar-refractivity contribution in [1.29, 1.82) is 0 Å². The summed E-state index contributed by atoms with van der Waals surface area (Å²) < 4.78 is 0. The topological polar surface area (TPSA) is 31.1 Å². The number of halogens is 2. The summed E-state index contributed by atoms with van der Waals surface area (Å²) in [4.78, 5) is 5.83. The third-order valence-electron chi connectivity index (χ3n) is 2.96. The van der Waals surface area contributed by atoms with Crippen molar-refractivity contribution in [1.82, 2.24) is 15.2 Å². The molecule has 0 unspecified atom stereocenters. The fraction of sp³-hybridized carbons (Fsp3) is 0.500. The molecule has 2 heterocycles. The Morgan fingerprint density at radius 3 is 2.59 bits per heavy atom. The SMILES string of the molecule is C=CC[C@@H](c1ccc[nH]1)N1CCNCC1.Cl.Cl. The summed E-state index contributed by atoms with van der Waals surface area (Å²) in [6, 6.07) is 4.70. The van der Waals surface area contributed by atoms with Crippen LogP contribution >= 0.6 is 24.8 Å². The number of hydrogen-bond donors (Lipinski definition) is 2. The lowest BCUT2D eigenvalue weighted by Gasteiger charge is -2.34. The minimum Gasteiger partial charge on any atom is -0.364 e. The van der Waals surface area contributed by atoms with Crippen LogP contribution in [0.5, 0.6) is 0 Å². The summed E-state index contributed by atoms with van der Waals surface area (Å²) in [5.74, 6) is 0. The van der Waals surface area contributed by atoms with Gasteiger partial charge in [0.1, 0.15) is 0 Å². The molecule has 0 aliphatic carbocycles. The Balaban J connectivity index is 0.00000128. The highest BCUT2D eigenvalue weighted by Gasteiger charge is 2.21. The summed E-state index contributed by atoms with van der Waals surface area (Å²) in [5.41, 5.74) is 1.30. The molecule has 1 aliphatic rings. The Morgan fingerprint density at radius 2 is 2.06 bits per heavy atom. The van der Waals surface area contributed by atoms with Crippen LogP contribution in [-0.4, -0.2) is 36.1 Å². The zero-order valence-corrected chi connectivity index (χ0v) is 11.5. The molecule has 1 aliphatic heterocycles. The first-order chi connectivity index (χ1) is 7.42. The van der Waals surface area contributed by atoms with E-state index in [0.29, 0.717) is 6.04 Å². The number of aromatic nitrogens is 1. The standard InChI is InChI=1S/C12H19N3.2ClH/c1-2-4-12(11-5-3-6-14-11)15-9-7-13-8-10-15;;/h2-3,5-6,12-14H,1,4,7-10H2;2*1H/t12-;;/m0../s1. The van der Waals surface area contributed by atoms with Crippen molar-refractivity contribution in [2.75, 3.05) is 26.2 Å². The van der Waals surface area contributed by atoms with E-state index in [1.165, 1.54) is 5.69 Å². The molecule has 5 heteroatoms. The summed E-state index contributed by atoms with van der Waals surface area (Å²) >= 11 is 0. The van der Waals surface area contributed by atoms with Gasteiger partial charge in [0, 0.05) is 38.1 Å². The van der Waals surface area contributed by atoms with E-state index >= 15 is 0 Å². The molecule has 0 aromatic carbocycles. The zero-order valence-electron chi connectivity index (χ0n) is 9.89. The van der Waals surface area contributed by atoms with Gasteiger partial charge in [-0.15, -0.1) is 31.4 Å². The average Bonchev–Trinajstić information content (AvgIpc) is 2.80. The largest absolute Gasteiger partial charge is 0.364 e. The van der Waals surface area contributed by atoms with Gasteiger partial charge in [-0.05, 0) is 18.6 Å². The third kappa shape index (κ3) is 4.36. The predicted molar refractivity (Wildman–Crippen MR) is 77.3 cm³/mol. The van der Waals surface area contributed by atoms with Crippen LogP contribution in [0.1, 0.15) is 18.2 Å². The van der Waals surface area contributed by atoms with Crippen molar-refractivity contribution >= 4 is 24.8 Å². The van der Waals surface area contributed by atoms with Crippen LogP contribution in [0.25, 0.3) is 0 Å². The molecular weight excluding hydrogens is 257 g/mol. The molecule has 1 atom stereocenters. The van der Waals surface area contributed by atoms with Crippen molar-refractivity contribution in [3.63, 3.8) is 0 Å². The van der Waals surface area contributed by atoms with Crippen molar-refractivity contribution in [3.05, 3.63) is 36.7 Å². The van der Waals surface area contributed by atoms with Crippen LogP contribution in [0.4, 0.5) is 0 Å². The molecule has 1 aromatic rings. The predicted octanol–water partition coefficient (Wildman–Crippen LogP) is 2.38. The quantitative estimate of drug-likeness (QED) is 0.829. The van der Waals surface area contributed by atoms with Crippen LogP contribution in [0.3, 0.4) is 0 Å². The molecule has 0 amide bonds. The van der Waals surface area contributed by atoms with Crippen LogP contribution < -0.4 is 5.32 Å².